The molecule has 8 heteroatoms. The second-order valence-corrected chi connectivity index (χ2v) is 10.0. The normalized spacial score (nSPS) is 25.8. The minimum Gasteiger partial charge on any atom is -0.298 e. The molecule has 0 saturated carbocycles. The second kappa shape index (κ2) is 8.30. The minimum atomic E-state index is -4.17. The third-order valence-corrected chi connectivity index (χ3v) is 7.64. The predicted octanol–water partition coefficient (Wildman–Crippen LogP) is 3.89. The molecule has 0 aromatic heterocycles. The number of rotatable bonds is 5. The van der Waals surface area contributed by atoms with Gasteiger partial charge in [0.25, 0.3) is 5.91 Å². The number of halogens is 1. The zero-order chi connectivity index (χ0) is 21.5. The summed E-state index contributed by atoms with van der Waals surface area (Å²) in [6, 6.07) is 12.5. The lowest BCUT2D eigenvalue weighted by Crippen LogP contribution is -2.63. The van der Waals surface area contributed by atoms with Crippen molar-refractivity contribution in [1.82, 2.24) is 9.96 Å². The highest BCUT2D eigenvalue weighted by atomic mass is 35.5. The van der Waals surface area contributed by atoms with Crippen LogP contribution in [0.15, 0.2) is 53.4 Å². The Morgan fingerprint density at radius 3 is 2.23 bits per heavy atom. The van der Waals surface area contributed by atoms with E-state index in [-0.39, 0.29) is 22.9 Å². The van der Waals surface area contributed by atoms with Crippen molar-refractivity contribution >= 4 is 27.6 Å². The summed E-state index contributed by atoms with van der Waals surface area (Å²) >= 11 is 5.96. The van der Waals surface area contributed by atoms with E-state index in [0.717, 1.165) is 36.6 Å². The van der Waals surface area contributed by atoms with Crippen LogP contribution in [-0.4, -0.2) is 49.5 Å². The average Bonchev–Trinajstić information content (AvgIpc) is 2.74. The van der Waals surface area contributed by atoms with Crippen molar-refractivity contribution in [3.05, 3.63) is 64.7 Å². The van der Waals surface area contributed by atoms with Crippen LogP contribution in [0.1, 0.15) is 35.7 Å². The molecular formula is C22H25ClN2O4S. The highest BCUT2D eigenvalue weighted by Crippen LogP contribution is 2.37. The van der Waals surface area contributed by atoms with Crippen LogP contribution in [0.3, 0.4) is 0 Å². The fourth-order valence-electron chi connectivity index (χ4n) is 4.46. The summed E-state index contributed by atoms with van der Waals surface area (Å²) in [6.07, 6.45) is 1.82. The molecule has 0 N–H and O–H groups in total. The number of carbonyl (C=O) groups excluding carboxylic acids is 1. The molecule has 2 bridgehead atoms. The van der Waals surface area contributed by atoms with Gasteiger partial charge in [-0.25, -0.2) is 0 Å². The molecule has 0 unspecified atom stereocenters. The van der Waals surface area contributed by atoms with Gasteiger partial charge in [-0.05, 0) is 82.1 Å². The molecule has 2 aromatic carbocycles. The van der Waals surface area contributed by atoms with E-state index in [4.69, 9.17) is 15.9 Å². The number of carbonyl (C=O) groups is 1. The molecule has 6 nitrogen and oxygen atoms in total. The Morgan fingerprint density at radius 2 is 1.67 bits per heavy atom. The fraction of sp³-hybridized carbons (Fsp3) is 0.409. The molecule has 3 saturated heterocycles. The monoisotopic (exact) mass is 448 g/mol. The van der Waals surface area contributed by atoms with Crippen LogP contribution < -0.4 is 0 Å². The van der Waals surface area contributed by atoms with Gasteiger partial charge in [-0.3, -0.25) is 9.69 Å². The molecule has 0 radical (unpaired) electrons. The van der Waals surface area contributed by atoms with Crippen molar-refractivity contribution in [2.24, 2.45) is 5.92 Å². The lowest BCUT2D eigenvalue weighted by Gasteiger charge is -2.52. The first-order chi connectivity index (χ1) is 14.3. The number of benzene rings is 2. The van der Waals surface area contributed by atoms with E-state index in [1.807, 2.05) is 13.8 Å². The number of hydrogen-bond donors (Lipinski definition) is 0. The molecule has 3 aliphatic heterocycles. The molecule has 3 heterocycles. The van der Waals surface area contributed by atoms with Gasteiger partial charge < -0.3 is 0 Å². The number of aryl methyl sites for hydroxylation is 1. The summed E-state index contributed by atoms with van der Waals surface area (Å²) in [6.45, 7) is 5.81. The minimum absolute atomic E-state index is 0.00182. The maximum Gasteiger partial charge on any atom is 0.317 e. The number of fused-ring (bicyclic) bond motifs is 3. The quantitative estimate of drug-likeness (QED) is 0.649. The first-order valence-electron chi connectivity index (χ1n) is 10.1. The summed E-state index contributed by atoms with van der Waals surface area (Å²) in [7, 11) is -4.17. The third-order valence-electron chi connectivity index (χ3n) is 6.18. The molecule has 0 spiro atoms. The Hall–Kier alpha value is -1.93. The highest BCUT2D eigenvalue weighted by Gasteiger charge is 2.46. The summed E-state index contributed by atoms with van der Waals surface area (Å²) in [5.41, 5.74) is 1.27. The maximum atomic E-state index is 13.4. The van der Waals surface area contributed by atoms with Crippen LogP contribution in [0.25, 0.3) is 0 Å². The standard InChI is InChI=1S/C22H25ClN2O4S/c1-15-3-9-20(10-4-15)30(27,28)29-25(22(26)18-5-7-19(23)8-6-18)21-16(2)24-13-11-17(21)12-14-24/h3-10,16-17,21H,11-14H2,1-2H3/t16-,21-/m1/s1. The Labute approximate surface area is 182 Å². The third kappa shape index (κ3) is 4.12. The van der Waals surface area contributed by atoms with Gasteiger partial charge >= 0.3 is 10.1 Å². The SMILES string of the molecule is Cc1ccc(S(=O)(=O)ON(C(=O)c2ccc(Cl)cc2)[C@H]2C3CCN(CC3)[C@@H]2C)cc1. The summed E-state index contributed by atoms with van der Waals surface area (Å²) < 4.78 is 31.7. The van der Waals surface area contributed by atoms with Crippen LogP contribution in [0.4, 0.5) is 0 Å². The summed E-state index contributed by atoms with van der Waals surface area (Å²) in [5.74, 6) is -0.289. The molecule has 3 fully saturated rings. The van der Waals surface area contributed by atoms with Gasteiger partial charge in [-0.1, -0.05) is 29.3 Å². The first-order valence-corrected chi connectivity index (χ1v) is 11.9. The Morgan fingerprint density at radius 1 is 1.07 bits per heavy atom. The molecule has 3 aliphatic rings. The smallest absolute Gasteiger partial charge is 0.298 e. The molecule has 2 aromatic rings. The average molecular weight is 449 g/mol. The van der Waals surface area contributed by atoms with Gasteiger partial charge in [0.2, 0.25) is 0 Å². The number of nitrogens with zero attached hydrogens (tertiary/aromatic N) is 2. The predicted molar refractivity (Wildman–Crippen MR) is 115 cm³/mol. The van der Waals surface area contributed by atoms with E-state index in [9.17, 15) is 13.2 Å². The van der Waals surface area contributed by atoms with E-state index in [0.29, 0.717) is 10.6 Å². The van der Waals surface area contributed by atoms with Crippen molar-refractivity contribution in [3.8, 4) is 0 Å². The number of piperidine rings is 3. The molecule has 2 atom stereocenters. The zero-order valence-corrected chi connectivity index (χ0v) is 18.6. The highest BCUT2D eigenvalue weighted by molar-refractivity contribution is 7.86. The largest absolute Gasteiger partial charge is 0.317 e. The van der Waals surface area contributed by atoms with Gasteiger partial charge in [-0.15, -0.1) is 4.28 Å². The van der Waals surface area contributed by atoms with Gasteiger partial charge in [0.1, 0.15) is 0 Å². The number of amides is 1. The van der Waals surface area contributed by atoms with E-state index in [1.54, 1.807) is 36.4 Å². The van der Waals surface area contributed by atoms with Gasteiger partial charge in [-0.2, -0.15) is 13.5 Å². The number of hydroxylamine groups is 2. The van der Waals surface area contributed by atoms with Crippen molar-refractivity contribution < 1.29 is 17.5 Å². The van der Waals surface area contributed by atoms with Crippen LogP contribution in [0, 0.1) is 12.8 Å². The van der Waals surface area contributed by atoms with Crippen LogP contribution >= 0.6 is 11.6 Å². The van der Waals surface area contributed by atoms with Crippen molar-refractivity contribution in [3.63, 3.8) is 0 Å². The second-order valence-electron chi connectivity index (χ2n) is 8.08. The van der Waals surface area contributed by atoms with E-state index in [1.165, 1.54) is 12.1 Å². The lowest BCUT2D eigenvalue weighted by molar-refractivity contribution is -0.129. The van der Waals surface area contributed by atoms with Crippen molar-refractivity contribution in [1.29, 1.82) is 0 Å². The molecule has 30 heavy (non-hydrogen) atoms. The molecule has 0 aliphatic carbocycles. The van der Waals surface area contributed by atoms with Crippen molar-refractivity contribution in [2.45, 2.75) is 43.7 Å². The molecular weight excluding hydrogens is 424 g/mol. The van der Waals surface area contributed by atoms with E-state index < -0.39 is 16.0 Å². The maximum absolute atomic E-state index is 13.4. The van der Waals surface area contributed by atoms with Crippen molar-refractivity contribution in [2.75, 3.05) is 13.1 Å². The molecule has 5 rings (SSSR count). The van der Waals surface area contributed by atoms with Gasteiger partial charge in [0.05, 0.1) is 10.9 Å². The van der Waals surface area contributed by atoms with Crippen LogP contribution in [-0.2, 0) is 14.4 Å². The Balaban J connectivity index is 1.71. The van der Waals surface area contributed by atoms with E-state index >= 15 is 0 Å². The summed E-state index contributed by atoms with van der Waals surface area (Å²) in [5, 5.41) is 1.60. The van der Waals surface area contributed by atoms with Gasteiger partial charge in [0.15, 0.2) is 0 Å². The Kier molecular flexibility index (Phi) is 5.90. The zero-order valence-electron chi connectivity index (χ0n) is 17.0. The molecule has 1 amide bonds. The number of hydrogen-bond acceptors (Lipinski definition) is 5. The van der Waals surface area contributed by atoms with Gasteiger partial charge in [0, 0.05) is 16.6 Å². The fourth-order valence-corrected chi connectivity index (χ4v) is 5.52. The van der Waals surface area contributed by atoms with E-state index in [2.05, 4.69) is 4.90 Å². The van der Waals surface area contributed by atoms with Crippen LogP contribution in [0.5, 0.6) is 0 Å². The summed E-state index contributed by atoms with van der Waals surface area (Å²) in [4.78, 5) is 15.7. The molecule has 160 valence electrons. The Bertz CT molecular complexity index is 1010. The first kappa shape index (κ1) is 21.3. The van der Waals surface area contributed by atoms with Crippen LogP contribution in [0.2, 0.25) is 5.02 Å². The topological polar surface area (TPSA) is 66.9 Å². The lowest BCUT2D eigenvalue weighted by atomic mass is 9.79.